The molecule has 0 aromatic heterocycles. The van der Waals surface area contributed by atoms with Crippen molar-refractivity contribution < 1.29 is 14.6 Å². The number of Topliss-reactive ketones (excluding diaryl/α,β-unsaturated/α-hetero) is 1. The zero-order valence-corrected chi connectivity index (χ0v) is 12.1. The number of carbonyl (C=O) groups excluding carboxylic acids is 1. The first-order chi connectivity index (χ1) is 8.29. The molecule has 2 aliphatic rings. The zero-order chi connectivity index (χ0) is 13.6. The molecule has 104 valence electrons. The van der Waals surface area contributed by atoms with Gasteiger partial charge >= 0.3 is 0 Å². The predicted molar refractivity (Wildman–Crippen MR) is 70.0 cm³/mol. The summed E-state index contributed by atoms with van der Waals surface area (Å²) in [5, 5.41) is 9.10. The molecule has 2 saturated carbocycles. The van der Waals surface area contributed by atoms with Crippen molar-refractivity contribution in [3.63, 3.8) is 0 Å². The highest BCUT2D eigenvalue weighted by Gasteiger charge is 2.63. The molecule has 2 fully saturated rings. The molecule has 2 rings (SSSR count). The molecular formula is C15H26O3. The molecule has 0 aromatic rings. The molecule has 18 heavy (non-hydrogen) atoms. The zero-order valence-electron chi connectivity index (χ0n) is 12.1. The molecule has 0 aliphatic heterocycles. The van der Waals surface area contributed by atoms with Crippen LogP contribution in [0.15, 0.2) is 0 Å². The van der Waals surface area contributed by atoms with Crippen molar-refractivity contribution in [2.45, 2.75) is 65.9 Å². The van der Waals surface area contributed by atoms with E-state index in [0.29, 0.717) is 12.2 Å². The van der Waals surface area contributed by atoms with Gasteiger partial charge in [0.15, 0.2) is 0 Å². The SMILES string of the molecule is CC1(C)C(=O)CCC2(C)C(OCO)CCCC12C. The monoisotopic (exact) mass is 254 g/mol. The quantitative estimate of drug-likeness (QED) is 0.771. The van der Waals surface area contributed by atoms with Gasteiger partial charge in [0.25, 0.3) is 0 Å². The van der Waals surface area contributed by atoms with Gasteiger partial charge in [-0.05, 0) is 24.7 Å². The van der Waals surface area contributed by atoms with Gasteiger partial charge in [-0.25, -0.2) is 0 Å². The minimum Gasteiger partial charge on any atom is -0.371 e. The fourth-order valence-electron chi connectivity index (χ4n) is 4.41. The Kier molecular flexibility index (Phi) is 3.35. The van der Waals surface area contributed by atoms with Crippen molar-refractivity contribution in [2.24, 2.45) is 16.2 Å². The maximum atomic E-state index is 12.3. The number of carbonyl (C=O) groups is 1. The van der Waals surface area contributed by atoms with Gasteiger partial charge in [0, 0.05) is 17.3 Å². The number of aliphatic hydroxyl groups excluding tert-OH is 1. The van der Waals surface area contributed by atoms with E-state index >= 15 is 0 Å². The predicted octanol–water partition coefficient (Wildman–Crippen LogP) is 2.91. The third kappa shape index (κ3) is 1.60. The largest absolute Gasteiger partial charge is 0.371 e. The molecule has 3 unspecified atom stereocenters. The van der Waals surface area contributed by atoms with Crippen molar-refractivity contribution in [1.29, 1.82) is 0 Å². The Bertz CT molecular complexity index is 348. The Hall–Kier alpha value is -0.410. The number of fused-ring (bicyclic) bond motifs is 1. The molecule has 0 heterocycles. The Morgan fingerprint density at radius 3 is 2.56 bits per heavy atom. The number of hydrogen-bond donors (Lipinski definition) is 1. The number of aliphatic hydroxyl groups is 1. The summed E-state index contributed by atoms with van der Waals surface area (Å²) in [6, 6.07) is 0. The van der Waals surface area contributed by atoms with Crippen molar-refractivity contribution in [1.82, 2.24) is 0 Å². The lowest BCUT2D eigenvalue weighted by Gasteiger charge is -2.63. The fraction of sp³-hybridized carbons (Fsp3) is 0.933. The topological polar surface area (TPSA) is 46.5 Å². The van der Waals surface area contributed by atoms with Gasteiger partial charge in [0.05, 0.1) is 6.10 Å². The van der Waals surface area contributed by atoms with Crippen molar-refractivity contribution in [2.75, 3.05) is 6.79 Å². The molecule has 0 saturated heterocycles. The molecule has 1 N–H and O–H groups in total. The van der Waals surface area contributed by atoms with E-state index in [1.807, 2.05) is 0 Å². The molecule has 3 heteroatoms. The third-order valence-corrected chi connectivity index (χ3v) is 6.34. The lowest BCUT2D eigenvalue weighted by molar-refractivity contribution is -0.210. The highest BCUT2D eigenvalue weighted by atomic mass is 16.6. The third-order valence-electron chi connectivity index (χ3n) is 6.34. The Balaban J connectivity index is 2.42. The lowest BCUT2D eigenvalue weighted by Crippen LogP contribution is -2.62. The van der Waals surface area contributed by atoms with E-state index in [0.717, 1.165) is 25.7 Å². The van der Waals surface area contributed by atoms with Crippen LogP contribution < -0.4 is 0 Å². The van der Waals surface area contributed by atoms with Crippen LogP contribution in [0, 0.1) is 16.2 Å². The average Bonchev–Trinajstić information content (AvgIpc) is 2.31. The molecule has 0 amide bonds. The lowest BCUT2D eigenvalue weighted by atomic mass is 9.42. The van der Waals surface area contributed by atoms with E-state index in [9.17, 15) is 4.79 Å². The molecule has 0 bridgehead atoms. The van der Waals surface area contributed by atoms with Crippen LogP contribution in [0.25, 0.3) is 0 Å². The summed E-state index contributed by atoms with van der Waals surface area (Å²) < 4.78 is 5.59. The van der Waals surface area contributed by atoms with Gasteiger partial charge in [0.2, 0.25) is 0 Å². The molecule has 0 radical (unpaired) electrons. The summed E-state index contributed by atoms with van der Waals surface area (Å²) in [7, 11) is 0. The highest BCUT2D eigenvalue weighted by molar-refractivity contribution is 5.86. The molecule has 0 spiro atoms. The number of rotatable bonds is 2. The van der Waals surface area contributed by atoms with Gasteiger partial charge in [-0.3, -0.25) is 4.79 Å². The van der Waals surface area contributed by atoms with E-state index in [-0.39, 0.29) is 29.1 Å². The number of ketones is 1. The summed E-state index contributed by atoms with van der Waals surface area (Å²) in [5.41, 5.74) is -0.337. The van der Waals surface area contributed by atoms with Gasteiger partial charge in [-0.15, -0.1) is 0 Å². The standard InChI is InChI=1S/C15H26O3/c1-13(2)11(17)7-9-14(3)12(18-10-16)6-5-8-15(13,14)4/h12,16H,5-10H2,1-4H3. The summed E-state index contributed by atoms with van der Waals surface area (Å²) in [6.45, 7) is 8.46. The van der Waals surface area contributed by atoms with Crippen LogP contribution in [0.2, 0.25) is 0 Å². The van der Waals surface area contributed by atoms with Crippen LogP contribution in [0.4, 0.5) is 0 Å². The highest BCUT2D eigenvalue weighted by Crippen LogP contribution is 2.65. The minimum atomic E-state index is -0.294. The van der Waals surface area contributed by atoms with Gasteiger partial charge in [0.1, 0.15) is 12.6 Å². The van der Waals surface area contributed by atoms with Crippen molar-refractivity contribution in [3.05, 3.63) is 0 Å². The smallest absolute Gasteiger partial charge is 0.143 e. The van der Waals surface area contributed by atoms with Crippen LogP contribution in [0.3, 0.4) is 0 Å². The van der Waals surface area contributed by atoms with Crippen molar-refractivity contribution in [3.8, 4) is 0 Å². The molecule has 3 nitrogen and oxygen atoms in total. The first-order valence-electron chi connectivity index (χ1n) is 7.05. The van der Waals surface area contributed by atoms with Crippen LogP contribution in [0.5, 0.6) is 0 Å². The molecule has 0 aromatic carbocycles. The van der Waals surface area contributed by atoms with Crippen LogP contribution in [-0.2, 0) is 9.53 Å². The van der Waals surface area contributed by atoms with Crippen LogP contribution >= 0.6 is 0 Å². The van der Waals surface area contributed by atoms with Crippen LogP contribution in [-0.4, -0.2) is 23.8 Å². The Labute approximate surface area is 110 Å². The summed E-state index contributed by atoms with van der Waals surface area (Å²) in [4.78, 5) is 12.3. The molecule has 2 aliphatic carbocycles. The first-order valence-corrected chi connectivity index (χ1v) is 7.05. The van der Waals surface area contributed by atoms with Gasteiger partial charge < -0.3 is 9.84 Å². The van der Waals surface area contributed by atoms with E-state index in [4.69, 9.17) is 9.84 Å². The van der Waals surface area contributed by atoms with Gasteiger partial charge in [-0.1, -0.05) is 34.1 Å². The minimum absolute atomic E-state index is 0.00854. The Morgan fingerprint density at radius 1 is 1.28 bits per heavy atom. The van der Waals surface area contributed by atoms with Crippen molar-refractivity contribution >= 4 is 5.78 Å². The summed E-state index contributed by atoms with van der Waals surface area (Å²) in [5.74, 6) is 0.382. The van der Waals surface area contributed by atoms with E-state index < -0.39 is 0 Å². The first kappa shape index (κ1) is 14.0. The van der Waals surface area contributed by atoms with Crippen LogP contribution in [0.1, 0.15) is 59.8 Å². The molecule has 3 atom stereocenters. The molecular weight excluding hydrogens is 228 g/mol. The Morgan fingerprint density at radius 2 is 1.94 bits per heavy atom. The summed E-state index contributed by atoms with van der Waals surface area (Å²) >= 11 is 0. The van der Waals surface area contributed by atoms with Gasteiger partial charge in [-0.2, -0.15) is 0 Å². The maximum absolute atomic E-state index is 12.3. The second-order valence-electron chi connectivity index (χ2n) is 6.97. The van der Waals surface area contributed by atoms with E-state index in [1.54, 1.807) is 0 Å². The van der Waals surface area contributed by atoms with E-state index in [1.165, 1.54) is 0 Å². The second kappa shape index (κ2) is 4.31. The second-order valence-corrected chi connectivity index (χ2v) is 6.97. The maximum Gasteiger partial charge on any atom is 0.143 e. The number of hydrogen-bond acceptors (Lipinski definition) is 3. The number of ether oxygens (including phenoxy) is 1. The normalized spacial score (nSPS) is 43.6. The fourth-order valence-corrected chi connectivity index (χ4v) is 4.41. The average molecular weight is 254 g/mol. The summed E-state index contributed by atoms with van der Waals surface area (Å²) in [6.07, 6.45) is 4.76. The van der Waals surface area contributed by atoms with E-state index in [2.05, 4.69) is 27.7 Å².